The minimum absolute atomic E-state index is 0.138. The third-order valence-electron chi connectivity index (χ3n) is 3.43. The minimum atomic E-state index is -2.37. The van der Waals surface area contributed by atoms with Crippen molar-refractivity contribution in [3.05, 3.63) is 0 Å². The fourth-order valence-electron chi connectivity index (χ4n) is 2.35. The summed E-state index contributed by atoms with van der Waals surface area (Å²) in [6, 6.07) is 0. The summed E-state index contributed by atoms with van der Waals surface area (Å²) in [7, 11) is 0. The Labute approximate surface area is 84.3 Å². The topological polar surface area (TPSA) is 12.0 Å². The summed E-state index contributed by atoms with van der Waals surface area (Å²) in [5, 5.41) is 3.26. The van der Waals surface area contributed by atoms with E-state index in [1.54, 1.807) is 0 Å². The average molecular weight is 203 g/mol. The summed E-state index contributed by atoms with van der Waals surface area (Å²) in [5.41, 5.74) is 0. The summed E-state index contributed by atoms with van der Waals surface area (Å²) >= 11 is 0. The molecule has 0 aromatic rings. The van der Waals surface area contributed by atoms with E-state index in [1.807, 2.05) is 0 Å². The molecule has 0 amide bonds. The zero-order chi connectivity index (χ0) is 10.0. The average Bonchev–Trinajstić information content (AvgIpc) is 2.90. The molecule has 0 aromatic heterocycles. The zero-order valence-electron chi connectivity index (χ0n) is 8.57. The van der Waals surface area contributed by atoms with Crippen LogP contribution in [0.15, 0.2) is 0 Å². The Hall–Kier alpha value is -0.180. The van der Waals surface area contributed by atoms with E-state index in [0.29, 0.717) is 0 Å². The molecule has 0 radical (unpaired) electrons. The van der Waals surface area contributed by atoms with Crippen LogP contribution in [0.25, 0.3) is 0 Å². The molecule has 1 aliphatic heterocycles. The van der Waals surface area contributed by atoms with Crippen molar-refractivity contribution in [2.45, 2.75) is 44.4 Å². The SMILES string of the molecule is FC(F)(CC1CCCNCC1)C1CC1. The second-order valence-electron chi connectivity index (χ2n) is 4.79. The van der Waals surface area contributed by atoms with Gasteiger partial charge in [0.05, 0.1) is 0 Å². The Morgan fingerprint density at radius 3 is 2.57 bits per heavy atom. The Bertz CT molecular complexity index is 182. The predicted molar refractivity (Wildman–Crippen MR) is 52.5 cm³/mol. The summed E-state index contributed by atoms with van der Waals surface area (Å²) in [6.45, 7) is 1.93. The molecule has 1 unspecified atom stereocenters. The van der Waals surface area contributed by atoms with Gasteiger partial charge >= 0.3 is 0 Å². The monoisotopic (exact) mass is 203 g/mol. The molecular weight excluding hydrogens is 184 g/mol. The second kappa shape index (κ2) is 4.13. The van der Waals surface area contributed by atoms with Crippen LogP contribution in [-0.2, 0) is 0 Å². The van der Waals surface area contributed by atoms with E-state index in [1.165, 1.54) is 0 Å². The quantitative estimate of drug-likeness (QED) is 0.743. The molecule has 1 N–H and O–H groups in total. The highest BCUT2D eigenvalue weighted by molar-refractivity contribution is 4.89. The smallest absolute Gasteiger partial charge is 0.251 e. The minimum Gasteiger partial charge on any atom is -0.317 e. The lowest BCUT2D eigenvalue weighted by atomic mass is 9.92. The Morgan fingerprint density at radius 2 is 1.86 bits per heavy atom. The molecule has 2 rings (SSSR count). The van der Waals surface area contributed by atoms with Crippen LogP contribution in [-0.4, -0.2) is 19.0 Å². The van der Waals surface area contributed by atoms with Crippen LogP contribution in [0.1, 0.15) is 38.5 Å². The second-order valence-corrected chi connectivity index (χ2v) is 4.79. The molecule has 1 atom stereocenters. The van der Waals surface area contributed by atoms with Gasteiger partial charge < -0.3 is 5.32 Å². The van der Waals surface area contributed by atoms with Crippen LogP contribution in [0.5, 0.6) is 0 Å². The number of hydrogen-bond acceptors (Lipinski definition) is 1. The fraction of sp³-hybridized carbons (Fsp3) is 1.00. The van der Waals surface area contributed by atoms with Crippen LogP contribution in [0, 0.1) is 11.8 Å². The lowest BCUT2D eigenvalue weighted by Gasteiger charge is -2.21. The van der Waals surface area contributed by atoms with Crippen LogP contribution < -0.4 is 5.32 Å². The molecular formula is C11H19F2N. The number of hydrogen-bond donors (Lipinski definition) is 1. The first kappa shape index (κ1) is 10.3. The van der Waals surface area contributed by atoms with Crippen molar-refractivity contribution in [2.75, 3.05) is 13.1 Å². The molecule has 0 spiro atoms. The van der Waals surface area contributed by atoms with Crippen molar-refractivity contribution in [2.24, 2.45) is 11.8 Å². The van der Waals surface area contributed by atoms with Gasteiger partial charge in [0.1, 0.15) is 0 Å². The molecule has 82 valence electrons. The molecule has 14 heavy (non-hydrogen) atoms. The van der Waals surface area contributed by atoms with Gasteiger partial charge in [0.2, 0.25) is 0 Å². The zero-order valence-corrected chi connectivity index (χ0v) is 8.57. The van der Waals surface area contributed by atoms with Crippen molar-refractivity contribution in [1.29, 1.82) is 0 Å². The summed E-state index contributed by atoms with van der Waals surface area (Å²) < 4.78 is 27.0. The maximum Gasteiger partial charge on any atom is 0.251 e. The first-order valence-corrected chi connectivity index (χ1v) is 5.77. The molecule has 3 heteroatoms. The van der Waals surface area contributed by atoms with E-state index in [4.69, 9.17) is 0 Å². The molecule has 1 heterocycles. The Morgan fingerprint density at radius 1 is 1.07 bits per heavy atom. The van der Waals surface area contributed by atoms with E-state index in [0.717, 1.165) is 45.2 Å². The van der Waals surface area contributed by atoms with Crippen molar-refractivity contribution >= 4 is 0 Å². The highest BCUT2D eigenvalue weighted by atomic mass is 19.3. The van der Waals surface area contributed by atoms with Gasteiger partial charge in [-0.1, -0.05) is 0 Å². The van der Waals surface area contributed by atoms with Gasteiger partial charge in [-0.2, -0.15) is 0 Å². The van der Waals surface area contributed by atoms with Gasteiger partial charge in [0.15, 0.2) is 0 Å². The molecule has 1 aliphatic carbocycles. The largest absolute Gasteiger partial charge is 0.317 e. The molecule has 0 aromatic carbocycles. The normalized spacial score (nSPS) is 30.0. The predicted octanol–water partition coefficient (Wildman–Crippen LogP) is 2.81. The molecule has 2 fully saturated rings. The maximum atomic E-state index is 13.5. The summed E-state index contributed by atoms with van der Waals surface area (Å²) in [4.78, 5) is 0. The van der Waals surface area contributed by atoms with Gasteiger partial charge in [0, 0.05) is 12.3 Å². The van der Waals surface area contributed by atoms with Crippen LogP contribution in [0.3, 0.4) is 0 Å². The molecule has 0 bridgehead atoms. The van der Waals surface area contributed by atoms with Crippen molar-refractivity contribution in [1.82, 2.24) is 5.32 Å². The number of rotatable bonds is 3. The van der Waals surface area contributed by atoms with E-state index >= 15 is 0 Å². The van der Waals surface area contributed by atoms with Gasteiger partial charge in [0.25, 0.3) is 5.92 Å². The summed E-state index contributed by atoms with van der Waals surface area (Å²) in [6.07, 6.45) is 4.61. The first-order chi connectivity index (χ1) is 6.68. The highest BCUT2D eigenvalue weighted by Crippen LogP contribution is 2.47. The standard InChI is InChI=1S/C11H19F2N/c12-11(13,10-3-4-10)8-9-2-1-6-14-7-5-9/h9-10,14H,1-8H2. The van der Waals surface area contributed by atoms with Gasteiger partial charge in [-0.25, -0.2) is 8.78 Å². The number of halogens is 2. The number of alkyl halides is 2. The third-order valence-corrected chi connectivity index (χ3v) is 3.43. The molecule has 1 saturated carbocycles. The van der Waals surface area contributed by atoms with E-state index in [9.17, 15) is 8.78 Å². The van der Waals surface area contributed by atoms with E-state index in [2.05, 4.69) is 5.32 Å². The molecule has 2 aliphatic rings. The van der Waals surface area contributed by atoms with Crippen LogP contribution in [0.4, 0.5) is 8.78 Å². The van der Waals surface area contributed by atoms with Crippen LogP contribution in [0.2, 0.25) is 0 Å². The highest BCUT2D eigenvalue weighted by Gasteiger charge is 2.47. The van der Waals surface area contributed by atoms with E-state index < -0.39 is 5.92 Å². The van der Waals surface area contributed by atoms with E-state index in [-0.39, 0.29) is 18.3 Å². The number of nitrogens with one attached hydrogen (secondary N) is 1. The first-order valence-electron chi connectivity index (χ1n) is 5.77. The van der Waals surface area contributed by atoms with Crippen molar-refractivity contribution in [3.63, 3.8) is 0 Å². The molecule has 1 nitrogen and oxygen atoms in total. The lowest BCUT2D eigenvalue weighted by molar-refractivity contribution is -0.0459. The Balaban J connectivity index is 1.82. The van der Waals surface area contributed by atoms with Crippen LogP contribution >= 0.6 is 0 Å². The maximum absolute atomic E-state index is 13.5. The van der Waals surface area contributed by atoms with Gasteiger partial charge in [-0.15, -0.1) is 0 Å². The van der Waals surface area contributed by atoms with Crippen molar-refractivity contribution in [3.8, 4) is 0 Å². The third kappa shape index (κ3) is 2.66. The van der Waals surface area contributed by atoms with Crippen molar-refractivity contribution < 1.29 is 8.78 Å². The van der Waals surface area contributed by atoms with Gasteiger partial charge in [-0.3, -0.25) is 0 Å². The van der Waals surface area contributed by atoms with Gasteiger partial charge in [-0.05, 0) is 51.1 Å². The fourth-order valence-corrected chi connectivity index (χ4v) is 2.35. The molecule has 1 saturated heterocycles. The Kier molecular flexibility index (Phi) is 3.05. The lowest BCUT2D eigenvalue weighted by Crippen LogP contribution is -2.24. The summed E-state index contributed by atoms with van der Waals surface area (Å²) in [5.74, 6) is -2.39.